The molecule has 12 heavy (non-hydrogen) atoms. The number of nitrogens with two attached hydrogens (primary N) is 2. The van der Waals surface area contributed by atoms with E-state index in [1.165, 1.54) is 0 Å². The third-order valence-corrected chi connectivity index (χ3v) is 2.94. The average molecular weight is 294 g/mol. The maximum absolute atomic E-state index is 5.72. The molecule has 0 amide bonds. The minimum Gasteiger partial charge on any atom is -0.397 e. The molecule has 1 rings (SSSR count). The summed E-state index contributed by atoms with van der Waals surface area (Å²) in [6, 6.07) is 3.90. The van der Waals surface area contributed by atoms with Gasteiger partial charge in [-0.2, -0.15) is 0 Å². The summed E-state index contributed by atoms with van der Waals surface area (Å²) in [6.45, 7) is 1.93. The molecule has 0 spiro atoms. The molecule has 0 unspecified atom stereocenters. The van der Waals surface area contributed by atoms with Crippen LogP contribution in [0.1, 0.15) is 18.5 Å². The third-order valence-electron chi connectivity index (χ3n) is 1.63. The van der Waals surface area contributed by atoms with Gasteiger partial charge in [-0.15, -0.1) is 0 Å². The van der Waals surface area contributed by atoms with Gasteiger partial charge in [0.2, 0.25) is 0 Å². The Hall–Kier alpha value is -0.0600. The van der Waals surface area contributed by atoms with Crippen molar-refractivity contribution in [2.75, 3.05) is 5.73 Å². The van der Waals surface area contributed by atoms with E-state index in [1.807, 2.05) is 19.1 Å². The van der Waals surface area contributed by atoms with Crippen LogP contribution in [0.4, 0.5) is 5.69 Å². The molecule has 0 fully saturated rings. The molecule has 0 saturated heterocycles. The molecule has 4 N–H and O–H groups in total. The Kier molecular flexibility index (Phi) is 3.15. The predicted molar refractivity (Wildman–Crippen MR) is 58.9 cm³/mol. The van der Waals surface area contributed by atoms with Gasteiger partial charge in [-0.1, -0.05) is 0 Å². The van der Waals surface area contributed by atoms with Crippen molar-refractivity contribution in [3.63, 3.8) is 0 Å². The maximum atomic E-state index is 5.72. The summed E-state index contributed by atoms with van der Waals surface area (Å²) >= 11 is 6.71. The van der Waals surface area contributed by atoms with Crippen LogP contribution in [0, 0.1) is 0 Å². The van der Waals surface area contributed by atoms with E-state index in [-0.39, 0.29) is 6.04 Å². The normalized spacial score (nSPS) is 13.0. The lowest BCUT2D eigenvalue weighted by atomic mass is 10.1. The van der Waals surface area contributed by atoms with E-state index in [2.05, 4.69) is 31.9 Å². The molecular formula is C8H10Br2N2. The minimum atomic E-state index is 0.0261. The zero-order chi connectivity index (χ0) is 9.30. The SMILES string of the molecule is C[C@H](N)c1cc(Br)c(N)c(Br)c1. The highest BCUT2D eigenvalue weighted by atomic mass is 79.9. The van der Waals surface area contributed by atoms with Crippen LogP contribution < -0.4 is 11.5 Å². The van der Waals surface area contributed by atoms with Gasteiger partial charge in [0.25, 0.3) is 0 Å². The number of hydrogen-bond acceptors (Lipinski definition) is 2. The van der Waals surface area contributed by atoms with Crippen molar-refractivity contribution in [2.45, 2.75) is 13.0 Å². The highest BCUT2D eigenvalue weighted by Crippen LogP contribution is 2.31. The van der Waals surface area contributed by atoms with Gasteiger partial charge < -0.3 is 11.5 Å². The molecule has 1 aromatic carbocycles. The molecule has 4 heteroatoms. The van der Waals surface area contributed by atoms with Crippen molar-refractivity contribution in [1.82, 2.24) is 0 Å². The Labute approximate surface area is 88.6 Å². The van der Waals surface area contributed by atoms with Crippen LogP contribution in [0.25, 0.3) is 0 Å². The highest BCUT2D eigenvalue weighted by Gasteiger charge is 2.06. The van der Waals surface area contributed by atoms with Gasteiger partial charge in [-0.25, -0.2) is 0 Å². The molecule has 1 atom stereocenters. The van der Waals surface area contributed by atoms with E-state index in [1.54, 1.807) is 0 Å². The number of hydrogen-bond donors (Lipinski definition) is 2. The highest BCUT2D eigenvalue weighted by molar-refractivity contribution is 9.11. The summed E-state index contributed by atoms with van der Waals surface area (Å²) in [4.78, 5) is 0. The van der Waals surface area contributed by atoms with Crippen molar-refractivity contribution in [3.8, 4) is 0 Å². The van der Waals surface area contributed by atoms with E-state index in [9.17, 15) is 0 Å². The van der Waals surface area contributed by atoms with Gasteiger partial charge in [-0.05, 0) is 56.5 Å². The molecule has 2 nitrogen and oxygen atoms in total. The lowest BCUT2D eigenvalue weighted by Crippen LogP contribution is -2.05. The van der Waals surface area contributed by atoms with Crippen LogP contribution >= 0.6 is 31.9 Å². The van der Waals surface area contributed by atoms with Crippen LogP contribution in [0.3, 0.4) is 0 Å². The van der Waals surface area contributed by atoms with Gasteiger partial charge in [0.15, 0.2) is 0 Å². The van der Waals surface area contributed by atoms with Crippen molar-refractivity contribution in [3.05, 3.63) is 26.6 Å². The smallest absolute Gasteiger partial charge is 0.0603 e. The number of halogens is 2. The predicted octanol–water partition coefficient (Wildman–Crippen LogP) is 2.81. The number of benzene rings is 1. The fraction of sp³-hybridized carbons (Fsp3) is 0.250. The van der Waals surface area contributed by atoms with Gasteiger partial charge in [0, 0.05) is 15.0 Å². The van der Waals surface area contributed by atoms with Crippen molar-refractivity contribution < 1.29 is 0 Å². The van der Waals surface area contributed by atoms with Crippen molar-refractivity contribution in [2.24, 2.45) is 5.73 Å². The lowest BCUT2D eigenvalue weighted by molar-refractivity contribution is 0.817. The van der Waals surface area contributed by atoms with Crippen LogP contribution in [0.15, 0.2) is 21.1 Å². The molecule has 0 aliphatic heterocycles. The van der Waals surface area contributed by atoms with Crippen molar-refractivity contribution in [1.29, 1.82) is 0 Å². The Morgan fingerprint density at radius 2 is 1.67 bits per heavy atom. The van der Waals surface area contributed by atoms with Gasteiger partial charge in [-0.3, -0.25) is 0 Å². The van der Waals surface area contributed by atoms with E-state index < -0.39 is 0 Å². The summed E-state index contributed by atoms with van der Waals surface area (Å²) in [5.41, 5.74) is 13.2. The van der Waals surface area contributed by atoms with E-state index in [0.717, 1.165) is 14.5 Å². The molecular weight excluding hydrogens is 284 g/mol. The number of nitrogen functional groups attached to an aromatic ring is 1. The fourth-order valence-electron chi connectivity index (χ4n) is 0.867. The topological polar surface area (TPSA) is 52.0 Å². The summed E-state index contributed by atoms with van der Waals surface area (Å²) in [5, 5.41) is 0. The third kappa shape index (κ3) is 2.00. The molecule has 0 radical (unpaired) electrons. The summed E-state index contributed by atoms with van der Waals surface area (Å²) < 4.78 is 1.76. The zero-order valence-corrected chi connectivity index (χ0v) is 9.81. The van der Waals surface area contributed by atoms with Crippen molar-refractivity contribution >= 4 is 37.5 Å². The Balaban J connectivity index is 3.21. The Morgan fingerprint density at radius 1 is 1.25 bits per heavy atom. The van der Waals surface area contributed by atoms with Gasteiger partial charge in [0.05, 0.1) is 5.69 Å². The monoisotopic (exact) mass is 292 g/mol. The quantitative estimate of drug-likeness (QED) is 0.782. The van der Waals surface area contributed by atoms with E-state index >= 15 is 0 Å². The number of anilines is 1. The molecule has 0 heterocycles. The first-order chi connectivity index (χ1) is 5.52. The molecule has 0 saturated carbocycles. The maximum Gasteiger partial charge on any atom is 0.0603 e. The zero-order valence-electron chi connectivity index (χ0n) is 6.64. The first kappa shape index (κ1) is 10.0. The first-order valence-electron chi connectivity index (χ1n) is 3.52. The second-order valence-corrected chi connectivity index (χ2v) is 4.40. The van der Waals surface area contributed by atoms with E-state index in [4.69, 9.17) is 11.5 Å². The lowest BCUT2D eigenvalue weighted by Gasteiger charge is -2.09. The molecule has 0 aliphatic rings. The van der Waals surface area contributed by atoms with Crippen LogP contribution in [-0.2, 0) is 0 Å². The molecule has 0 aromatic heterocycles. The molecule has 0 aliphatic carbocycles. The first-order valence-corrected chi connectivity index (χ1v) is 5.11. The second kappa shape index (κ2) is 3.77. The summed E-state index contributed by atoms with van der Waals surface area (Å²) in [6.07, 6.45) is 0. The van der Waals surface area contributed by atoms with E-state index in [0.29, 0.717) is 5.69 Å². The van der Waals surface area contributed by atoms with Gasteiger partial charge in [0.1, 0.15) is 0 Å². The van der Waals surface area contributed by atoms with Crippen LogP contribution in [-0.4, -0.2) is 0 Å². The largest absolute Gasteiger partial charge is 0.397 e. The Bertz CT molecular complexity index is 274. The average Bonchev–Trinajstić information content (AvgIpc) is 1.99. The summed E-state index contributed by atoms with van der Waals surface area (Å²) in [7, 11) is 0. The van der Waals surface area contributed by atoms with Gasteiger partial charge >= 0.3 is 0 Å². The standard InChI is InChI=1S/C8H10Br2N2/c1-4(11)5-2-6(9)8(12)7(10)3-5/h2-4H,11-12H2,1H3/t4-/m0/s1. The minimum absolute atomic E-state index is 0.0261. The summed E-state index contributed by atoms with van der Waals surface area (Å²) in [5.74, 6) is 0. The molecule has 66 valence electrons. The molecule has 0 bridgehead atoms. The number of rotatable bonds is 1. The molecule has 1 aromatic rings. The fourth-order valence-corrected chi connectivity index (χ4v) is 2.09. The van der Waals surface area contributed by atoms with Crippen LogP contribution in [0.2, 0.25) is 0 Å². The van der Waals surface area contributed by atoms with Crippen LogP contribution in [0.5, 0.6) is 0 Å². The Morgan fingerprint density at radius 3 is 2.00 bits per heavy atom. The second-order valence-electron chi connectivity index (χ2n) is 2.69.